The molecule has 100 valence electrons. The van der Waals surface area contributed by atoms with Crippen LogP contribution >= 0.6 is 15.9 Å². The molecule has 19 heavy (non-hydrogen) atoms. The third kappa shape index (κ3) is 3.27. The van der Waals surface area contributed by atoms with Gasteiger partial charge in [-0.25, -0.2) is 0 Å². The van der Waals surface area contributed by atoms with Crippen LogP contribution in [0.4, 0.5) is 0 Å². The van der Waals surface area contributed by atoms with E-state index in [0.717, 1.165) is 6.42 Å². The minimum absolute atomic E-state index is 0.0644. The first-order valence-corrected chi connectivity index (χ1v) is 6.93. The maximum atomic E-state index is 12.1. The standard InChI is InChI=1S/C14H14BrNO3/c1-9(8-16)5-12(17)10-6-11(15)14-13(7-10)18-3-2-4-19-14/h6-7,9H,2-5H2,1H3. The van der Waals surface area contributed by atoms with Crippen LogP contribution in [0.2, 0.25) is 0 Å². The molecule has 0 N–H and O–H groups in total. The van der Waals surface area contributed by atoms with E-state index < -0.39 is 0 Å². The highest BCUT2D eigenvalue weighted by molar-refractivity contribution is 9.10. The first kappa shape index (κ1) is 13.9. The van der Waals surface area contributed by atoms with Crippen LogP contribution in [-0.2, 0) is 0 Å². The van der Waals surface area contributed by atoms with Gasteiger partial charge in [0.2, 0.25) is 0 Å². The molecule has 0 aromatic heterocycles. The summed E-state index contributed by atoms with van der Waals surface area (Å²) < 4.78 is 11.9. The molecule has 1 aromatic rings. The van der Waals surface area contributed by atoms with Crippen LogP contribution in [0.15, 0.2) is 16.6 Å². The molecule has 4 nitrogen and oxygen atoms in total. The van der Waals surface area contributed by atoms with E-state index in [1.54, 1.807) is 19.1 Å². The predicted octanol–water partition coefficient (Wildman–Crippen LogP) is 3.34. The lowest BCUT2D eigenvalue weighted by molar-refractivity contribution is 0.0972. The number of Topliss-reactive ketones (excluding diaryl/α,β-unsaturated/α-hetero) is 1. The van der Waals surface area contributed by atoms with Gasteiger partial charge in [-0.15, -0.1) is 0 Å². The molecule has 1 aromatic carbocycles. The van der Waals surface area contributed by atoms with E-state index in [1.807, 2.05) is 0 Å². The number of benzene rings is 1. The number of ketones is 1. The molecule has 0 fully saturated rings. The quantitative estimate of drug-likeness (QED) is 0.800. The highest BCUT2D eigenvalue weighted by Gasteiger charge is 2.19. The van der Waals surface area contributed by atoms with Crippen molar-refractivity contribution in [3.8, 4) is 17.6 Å². The van der Waals surface area contributed by atoms with E-state index in [2.05, 4.69) is 22.0 Å². The van der Waals surface area contributed by atoms with Gasteiger partial charge < -0.3 is 9.47 Å². The Labute approximate surface area is 120 Å². The number of nitriles is 1. The van der Waals surface area contributed by atoms with Crippen LogP contribution in [0, 0.1) is 17.2 Å². The van der Waals surface area contributed by atoms with Crippen molar-refractivity contribution >= 4 is 21.7 Å². The molecule has 0 bridgehead atoms. The van der Waals surface area contributed by atoms with E-state index in [1.165, 1.54) is 0 Å². The summed E-state index contributed by atoms with van der Waals surface area (Å²) in [5.41, 5.74) is 0.540. The number of fused-ring (bicyclic) bond motifs is 1. The molecule has 0 amide bonds. The van der Waals surface area contributed by atoms with Crippen molar-refractivity contribution in [3.05, 3.63) is 22.2 Å². The summed E-state index contributed by atoms with van der Waals surface area (Å²) in [4.78, 5) is 12.1. The van der Waals surface area contributed by atoms with Gasteiger partial charge in [-0.05, 0) is 35.0 Å². The number of hydrogen-bond donors (Lipinski definition) is 0. The van der Waals surface area contributed by atoms with Crippen molar-refractivity contribution in [2.45, 2.75) is 19.8 Å². The van der Waals surface area contributed by atoms with E-state index in [0.29, 0.717) is 34.7 Å². The maximum absolute atomic E-state index is 12.1. The van der Waals surface area contributed by atoms with Gasteiger partial charge in [-0.1, -0.05) is 0 Å². The van der Waals surface area contributed by atoms with Gasteiger partial charge in [0.05, 0.1) is 29.7 Å². The number of halogens is 1. The van der Waals surface area contributed by atoms with Crippen molar-refractivity contribution in [1.82, 2.24) is 0 Å². The summed E-state index contributed by atoms with van der Waals surface area (Å²) in [5.74, 6) is 0.870. The van der Waals surface area contributed by atoms with Gasteiger partial charge in [0.15, 0.2) is 17.3 Å². The summed E-state index contributed by atoms with van der Waals surface area (Å²) in [5, 5.41) is 8.76. The smallest absolute Gasteiger partial charge is 0.175 e. The van der Waals surface area contributed by atoms with Crippen molar-refractivity contribution in [2.24, 2.45) is 5.92 Å². The Bertz CT molecular complexity index is 536. The fourth-order valence-corrected chi connectivity index (χ4v) is 2.39. The van der Waals surface area contributed by atoms with Gasteiger partial charge in [-0.3, -0.25) is 4.79 Å². The Kier molecular flexibility index (Phi) is 4.43. The number of carbonyl (C=O) groups excluding carboxylic acids is 1. The average molecular weight is 324 g/mol. The average Bonchev–Trinajstić information content (AvgIpc) is 2.63. The Morgan fingerprint density at radius 3 is 2.95 bits per heavy atom. The first-order chi connectivity index (χ1) is 9.11. The molecular weight excluding hydrogens is 310 g/mol. The Morgan fingerprint density at radius 1 is 1.47 bits per heavy atom. The van der Waals surface area contributed by atoms with Gasteiger partial charge in [0.1, 0.15) is 0 Å². The lowest BCUT2D eigenvalue weighted by Gasteiger charge is -2.11. The van der Waals surface area contributed by atoms with E-state index in [4.69, 9.17) is 14.7 Å². The molecule has 5 heteroatoms. The molecule has 1 atom stereocenters. The number of rotatable bonds is 3. The van der Waals surface area contributed by atoms with Gasteiger partial charge >= 0.3 is 0 Å². The number of nitrogens with zero attached hydrogens (tertiary/aromatic N) is 1. The molecule has 0 saturated carbocycles. The summed E-state index contributed by atoms with van der Waals surface area (Å²) in [7, 11) is 0. The summed E-state index contributed by atoms with van der Waals surface area (Å²) in [6, 6.07) is 5.48. The van der Waals surface area contributed by atoms with Crippen molar-refractivity contribution in [1.29, 1.82) is 5.26 Å². The van der Waals surface area contributed by atoms with Crippen LogP contribution < -0.4 is 9.47 Å². The minimum atomic E-state index is -0.290. The fraction of sp³-hybridized carbons (Fsp3) is 0.429. The molecule has 1 heterocycles. The highest BCUT2D eigenvalue weighted by atomic mass is 79.9. The second kappa shape index (κ2) is 6.07. The predicted molar refractivity (Wildman–Crippen MR) is 73.5 cm³/mol. The molecular formula is C14H14BrNO3. The van der Waals surface area contributed by atoms with Crippen LogP contribution in [-0.4, -0.2) is 19.0 Å². The molecule has 0 radical (unpaired) electrons. The molecule has 1 aliphatic rings. The Morgan fingerprint density at radius 2 is 2.21 bits per heavy atom. The van der Waals surface area contributed by atoms with Crippen LogP contribution in [0.25, 0.3) is 0 Å². The third-order valence-electron chi connectivity index (χ3n) is 2.84. The van der Waals surface area contributed by atoms with E-state index in [9.17, 15) is 4.79 Å². The Hall–Kier alpha value is -1.54. The fourth-order valence-electron chi connectivity index (χ4n) is 1.83. The van der Waals surface area contributed by atoms with Gasteiger partial charge in [0.25, 0.3) is 0 Å². The first-order valence-electron chi connectivity index (χ1n) is 6.13. The molecule has 0 spiro atoms. The number of ether oxygens (including phenoxy) is 2. The molecule has 1 aliphatic heterocycles. The minimum Gasteiger partial charge on any atom is -0.489 e. The van der Waals surface area contributed by atoms with Gasteiger partial charge in [0, 0.05) is 18.4 Å². The zero-order chi connectivity index (χ0) is 13.8. The topological polar surface area (TPSA) is 59.3 Å². The van der Waals surface area contributed by atoms with Crippen LogP contribution in [0.3, 0.4) is 0 Å². The Balaban J connectivity index is 2.28. The maximum Gasteiger partial charge on any atom is 0.175 e. The molecule has 0 saturated heterocycles. The van der Waals surface area contributed by atoms with Crippen molar-refractivity contribution in [2.75, 3.05) is 13.2 Å². The zero-order valence-corrected chi connectivity index (χ0v) is 12.2. The second-order valence-electron chi connectivity index (χ2n) is 4.49. The van der Waals surface area contributed by atoms with Crippen LogP contribution in [0.5, 0.6) is 11.5 Å². The highest BCUT2D eigenvalue weighted by Crippen LogP contribution is 2.38. The van der Waals surface area contributed by atoms with Crippen molar-refractivity contribution in [3.63, 3.8) is 0 Å². The number of carbonyl (C=O) groups is 1. The summed E-state index contributed by atoms with van der Waals surface area (Å²) >= 11 is 3.40. The van der Waals surface area contributed by atoms with Gasteiger partial charge in [-0.2, -0.15) is 5.26 Å². The zero-order valence-electron chi connectivity index (χ0n) is 10.6. The third-order valence-corrected chi connectivity index (χ3v) is 3.43. The summed E-state index contributed by atoms with van der Waals surface area (Å²) in [6.45, 7) is 2.91. The second-order valence-corrected chi connectivity index (χ2v) is 5.35. The summed E-state index contributed by atoms with van der Waals surface area (Å²) in [6.07, 6.45) is 1.03. The van der Waals surface area contributed by atoms with E-state index in [-0.39, 0.29) is 18.1 Å². The normalized spacial score (nSPS) is 15.2. The number of hydrogen-bond acceptors (Lipinski definition) is 4. The van der Waals surface area contributed by atoms with Crippen LogP contribution in [0.1, 0.15) is 30.1 Å². The lowest BCUT2D eigenvalue weighted by atomic mass is 10.0. The van der Waals surface area contributed by atoms with E-state index >= 15 is 0 Å². The van der Waals surface area contributed by atoms with Crippen molar-refractivity contribution < 1.29 is 14.3 Å². The molecule has 2 rings (SSSR count). The molecule has 0 aliphatic carbocycles. The lowest BCUT2D eigenvalue weighted by Crippen LogP contribution is -2.05. The monoisotopic (exact) mass is 323 g/mol. The largest absolute Gasteiger partial charge is 0.489 e. The molecule has 1 unspecified atom stereocenters. The SMILES string of the molecule is CC(C#N)CC(=O)c1cc(Br)c2c(c1)OCCCO2.